The number of hydrogen-bond donors (Lipinski definition) is 3. The second-order valence-electron chi connectivity index (χ2n) is 3.96. The topological polar surface area (TPSA) is 95.9 Å². The Balaban J connectivity index is 3.07. The van der Waals surface area contributed by atoms with Gasteiger partial charge in [0.15, 0.2) is 11.6 Å². The molecule has 0 aromatic heterocycles. The van der Waals surface area contributed by atoms with Gasteiger partial charge < -0.3 is 19.7 Å². The van der Waals surface area contributed by atoms with E-state index in [1.165, 1.54) is 0 Å². The fourth-order valence-corrected chi connectivity index (χ4v) is 1.64. The highest BCUT2D eigenvalue weighted by Gasteiger charge is 2.49. The van der Waals surface area contributed by atoms with Crippen LogP contribution in [0.3, 0.4) is 0 Å². The quantitative estimate of drug-likeness (QED) is 0.401. The predicted molar refractivity (Wildman–Crippen MR) is 63.5 cm³/mol. The summed E-state index contributed by atoms with van der Waals surface area (Å²) in [6.45, 7) is -1.12. The molecular weight excluding hydrogens is 341 g/mol. The summed E-state index contributed by atoms with van der Waals surface area (Å²) >= 11 is 0. The van der Waals surface area contributed by atoms with Crippen LogP contribution in [0.4, 0.5) is 27.6 Å². The molecule has 0 amide bonds. The van der Waals surface area contributed by atoms with Crippen molar-refractivity contribution in [2.45, 2.75) is 11.6 Å². The number of nitrogens with one attached hydrogen (secondary N) is 1. The van der Waals surface area contributed by atoms with E-state index in [9.17, 15) is 30.4 Å². The predicted octanol–water partition coefficient (Wildman–Crippen LogP) is 0.958. The summed E-state index contributed by atoms with van der Waals surface area (Å²) in [7, 11) is -6.12. The maximum absolute atomic E-state index is 13.4. The molecule has 0 saturated carbocycles. The van der Waals surface area contributed by atoms with Crippen LogP contribution < -0.4 is 9.50 Å². The van der Waals surface area contributed by atoms with Crippen molar-refractivity contribution in [3.05, 3.63) is 23.8 Å². The van der Waals surface area contributed by atoms with Crippen molar-refractivity contribution in [2.24, 2.45) is 0 Å². The molecule has 0 bridgehead atoms. The molecule has 1 aromatic rings. The highest BCUT2D eigenvalue weighted by atomic mass is 32.2. The van der Waals surface area contributed by atoms with Gasteiger partial charge in [0.25, 0.3) is 0 Å². The third kappa shape index (κ3) is 4.42. The fraction of sp³-hybridized carbons (Fsp3) is 0.400. The number of benzene rings is 1. The van der Waals surface area contributed by atoms with Crippen LogP contribution >= 0.6 is 0 Å². The van der Waals surface area contributed by atoms with Crippen molar-refractivity contribution in [1.82, 2.24) is 0 Å². The SMILES string of the molecule is O=S(=O)(Oc1cc(NCC(O)CO)c(F)cc1F)C(F)(F)F. The van der Waals surface area contributed by atoms with Gasteiger partial charge in [0.05, 0.1) is 18.4 Å². The van der Waals surface area contributed by atoms with E-state index >= 15 is 0 Å². The van der Waals surface area contributed by atoms with Crippen molar-refractivity contribution < 1.29 is 44.8 Å². The maximum atomic E-state index is 13.4. The van der Waals surface area contributed by atoms with Gasteiger partial charge in [-0.1, -0.05) is 0 Å². The minimum Gasteiger partial charge on any atom is -0.394 e. The number of halogens is 5. The van der Waals surface area contributed by atoms with Crippen LogP contribution in [-0.2, 0) is 10.1 Å². The molecular formula is C10H10F5NO5S. The van der Waals surface area contributed by atoms with Crippen LogP contribution in [0, 0.1) is 11.6 Å². The number of anilines is 1. The fourth-order valence-electron chi connectivity index (χ4n) is 1.19. The van der Waals surface area contributed by atoms with Crippen LogP contribution in [0.2, 0.25) is 0 Å². The summed E-state index contributed by atoms with van der Waals surface area (Å²) in [4.78, 5) is 0. The van der Waals surface area contributed by atoms with Crippen LogP contribution in [0.15, 0.2) is 12.1 Å². The maximum Gasteiger partial charge on any atom is 0.534 e. The van der Waals surface area contributed by atoms with Crippen molar-refractivity contribution >= 4 is 15.8 Å². The molecule has 1 rings (SSSR count). The van der Waals surface area contributed by atoms with Crippen LogP contribution in [0.5, 0.6) is 5.75 Å². The number of aliphatic hydroxyl groups excluding tert-OH is 2. The summed E-state index contributed by atoms with van der Waals surface area (Å²) < 4.78 is 88.3. The zero-order chi connectivity index (χ0) is 17.1. The van der Waals surface area contributed by atoms with Crippen molar-refractivity contribution in [1.29, 1.82) is 0 Å². The molecule has 22 heavy (non-hydrogen) atoms. The standard InChI is InChI=1S/C10H10F5NO5S/c11-6-1-7(12)9(21-22(19,20)10(13,14)15)2-8(6)16-3-5(18)4-17/h1-2,5,16-18H,3-4H2. The van der Waals surface area contributed by atoms with Gasteiger partial charge in [-0.3, -0.25) is 0 Å². The molecule has 0 fully saturated rings. The highest BCUT2D eigenvalue weighted by Crippen LogP contribution is 2.31. The van der Waals surface area contributed by atoms with E-state index in [-0.39, 0.29) is 6.07 Å². The van der Waals surface area contributed by atoms with Gasteiger partial charge in [-0.2, -0.15) is 21.6 Å². The molecule has 12 heteroatoms. The Hall–Kier alpha value is -1.66. The van der Waals surface area contributed by atoms with E-state index in [4.69, 9.17) is 10.2 Å². The number of rotatable bonds is 6. The van der Waals surface area contributed by atoms with Crippen molar-refractivity contribution in [2.75, 3.05) is 18.5 Å². The number of hydrogen-bond acceptors (Lipinski definition) is 6. The normalized spacial score (nSPS) is 13.8. The lowest BCUT2D eigenvalue weighted by Crippen LogP contribution is -2.28. The molecule has 0 aliphatic rings. The third-order valence-electron chi connectivity index (χ3n) is 2.24. The smallest absolute Gasteiger partial charge is 0.394 e. The highest BCUT2D eigenvalue weighted by molar-refractivity contribution is 7.88. The molecule has 126 valence electrons. The Morgan fingerprint density at radius 1 is 1.23 bits per heavy atom. The van der Waals surface area contributed by atoms with E-state index < -0.39 is 58.0 Å². The second kappa shape index (κ2) is 6.62. The first-order chi connectivity index (χ1) is 9.98. The molecule has 1 unspecified atom stereocenters. The van der Waals surface area contributed by atoms with E-state index in [1.54, 1.807) is 0 Å². The summed E-state index contributed by atoms with van der Waals surface area (Å²) in [5.41, 5.74) is -6.41. The van der Waals surface area contributed by atoms with Gasteiger partial charge >= 0.3 is 15.6 Å². The lowest BCUT2D eigenvalue weighted by Gasteiger charge is -2.14. The molecule has 3 N–H and O–H groups in total. The van der Waals surface area contributed by atoms with Gasteiger partial charge in [0.2, 0.25) is 0 Å². The molecule has 1 aromatic carbocycles. The Bertz CT molecular complexity index is 633. The Kier molecular flexibility index (Phi) is 5.54. The molecule has 0 aliphatic carbocycles. The van der Waals surface area contributed by atoms with Gasteiger partial charge in [0.1, 0.15) is 5.82 Å². The van der Waals surface area contributed by atoms with Gasteiger partial charge in [0, 0.05) is 18.7 Å². The molecule has 0 heterocycles. The Morgan fingerprint density at radius 2 is 1.82 bits per heavy atom. The van der Waals surface area contributed by atoms with E-state index in [1.807, 2.05) is 0 Å². The van der Waals surface area contributed by atoms with Gasteiger partial charge in [-0.15, -0.1) is 0 Å². The number of alkyl halides is 3. The lowest BCUT2D eigenvalue weighted by molar-refractivity contribution is -0.0500. The first kappa shape index (κ1) is 18.4. The Labute approximate surface area is 121 Å². The second-order valence-corrected chi connectivity index (χ2v) is 5.50. The first-order valence-corrected chi connectivity index (χ1v) is 6.91. The molecule has 0 spiro atoms. The zero-order valence-corrected chi connectivity index (χ0v) is 11.4. The van der Waals surface area contributed by atoms with Gasteiger partial charge in [-0.05, 0) is 0 Å². The van der Waals surface area contributed by atoms with Crippen molar-refractivity contribution in [3.63, 3.8) is 0 Å². The average molecular weight is 351 g/mol. The minimum atomic E-state index is -6.12. The summed E-state index contributed by atoms with van der Waals surface area (Å²) in [5, 5.41) is 19.7. The van der Waals surface area contributed by atoms with E-state index in [2.05, 4.69) is 9.50 Å². The van der Waals surface area contributed by atoms with Crippen LogP contribution in [0.25, 0.3) is 0 Å². The molecule has 6 nitrogen and oxygen atoms in total. The zero-order valence-electron chi connectivity index (χ0n) is 10.6. The van der Waals surface area contributed by atoms with Crippen molar-refractivity contribution in [3.8, 4) is 5.75 Å². The molecule has 0 aliphatic heterocycles. The molecule has 0 radical (unpaired) electrons. The van der Waals surface area contributed by atoms with Crippen LogP contribution in [-0.4, -0.2) is 43.4 Å². The number of aliphatic hydroxyl groups is 2. The first-order valence-electron chi connectivity index (χ1n) is 5.50. The summed E-state index contributed by atoms with van der Waals surface area (Å²) in [6.07, 6.45) is -1.33. The summed E-state index contributed by atoms with van der Waals surface area (Å²) in [6, 6.07) is 0.451. The summed E-state index contributed by atoms with van der Waals surface area (Å²) in [5.74, 6) is -4.31. The van der Waals surface area contributed by atoms with Crippen LogP contribution in [0.1, 0.15) is 0 Å². The average Bonchev–Trinajstić information content (AvgIpc) is 2.38. The van der Waals surface area contributed by atoms with E-state index in [0.29, 0.717) is 6.07 Å². The monoisotopic (exact) mass is 351 g/mol. The van der Waals surface area contributed by atoms with Gasteiger partial charge in [-0.25, -0.2) is 8.78 Å². The third-order valence-corrected chi connectivity index (χ3v) is 3.21. The minimum absolute atomic E-state index is 0.106. The Morgan fingerprint density at radius 3 is 2.32 bits per heavy atom. The molecule has 0 saturated heterocycles. The largest absolute Gasteiger partial charge is 0.534 e. The lowest BCUT2D eigenvalue weighted by atomic mass is 10.2. The van der Waals surface area contributed by atoms with E-state index in [0.717, 1.165) is 0 Å². The molecule has 1 atom stereocenters.